The van der Waals surface area contributed by atoms with Crippen LogP contribution < -0.4 is 28.6 Å². The van der Waals surface area contributed by atoms with Crippen molar-refractivity contribution in [3.05, 3.63) is 144 Å². The quantitative estimate of drug-likeness (QED) is 0.0336. The second-order valence-electron chi connectivity index (χ2n) is 16.3. The van der Waals surface area contributed by atoms with Gasteiger partial charge in [0.25, 0.3) is 5.91 Å². The fraction of sp³-hybridized carbons (Fsp3) is 0.370. The van der Waals surface area contributed by atoms with Crippen LogP contribution in [0.3, 0.4) is 0 Å². The lowest BCUT2D eigenvalue weighted by Gasteiger charge is -2.36. The van der Waals surface area contributed by atoms with Gasteiger partial charge in [0.05, 0.1) is 29.9 Å². The van der Waals surface area contributed by atoms with E-state index >= 15 is 0 Å². The highest BCUT2D eigenvalue weighted by atomic mass is 16.5. The van der Waals surface area contributed by atoms with Gasteiger partial charge in [0, 0.05) is 37.4 Å². The topological polar surface area (TPSA) is 121 Å². The molecule has 65 heavy (non-hydrogen) atoms. The summed E-state index contributed by atoms with van der Waals surface area (Å²) in [6.07, 6.45) is 14.4. The van der Waals surface area contributed by atoms with E-state index in [4.69, 9.17) is 23.7 Å². The van der Waals surface area contributed by atoms with E-state index in [9.17, 15) is 19.2 Å². The first-order valence-electron chi connectivity index (χ1n) is 23.3. The molecule has 11 nitrogen and oxygen atoms in total. The molecule has 0 unspecified atom stereocenters. The van der Waals surface area contributed by atoms with Crippen molar-refractivity contribution in [1.29, 1.82) is 0 Å². The summed E-state index contributed by atoms with van der Waals surface area (Å²) in [5.41, 5.74) is 2.37. The van der Waals surface area contributed by atoms with E-state index in [1.54, 1.807) is 89.8 Å². The zero-order chi connectivity index (χ0) is 45.6. The predicted octanol–water partition coefficient (Wildman–Crippen LogP) is 11.8. The Kier molecular flexibility index (Phi) is 18.9. The van der Waals surface area contributed by atoms with Gasteiger partial charge in [-0.1, -0.05) is 78.1 Å². The maximum atomic E-state index is 13.4. The van der Waals surface area contributed by atoms with E-state index in [1.807, 2.05) is 12.1 Å². The molecule has 5 aromatic carbocycles. The number of carbonyl (C=O) groups is 4. The van der Waals surface area contributed by atoms with Gasteiger partial charge >= 0.3 is 17.9 Å². The van der Waals surface area contributed by atoms with Gasteiger partial charge < -0.3 is 33.5 Å². The molecule has 1 amide bonds. The summed E-state index contributed by atoms with van der Waals surface area (Å²) < 4.78 is 28.3. The number of ether oxygens (including phenoxy) is 5. The summed E-state index contributed by atoms with van der Waals surface area (Å²) in [6, 6.07) is 33.9. The molecule has 11 heteroatoms. The average molecular weight is 883 g/mol. The van der Waals surface area contributed by atoms with Crippen LogP contribution in [0.5, 0.6) is 28.7 Å². The maximum absolute atomic E-state index is 13.4. The van der Waals surface area contributed by atoms with Gasteiger partial charge in [-0.05, 0) is 134 Å². The van der Waals surface area contributed by atoms with Crippen LogP contribution in [0.15, 0.2) is 121 Å². The van der Waals surface area contributed by atoms with Crippen molar-refractivity contribution in [1.82, 2.24) is 4.90 Å². The van der Waals surface area contributed by atoms with Crippen LogP contribution in [0.25, 0.3) is 0 Å². The van der Waals surface area contributed by atoms with Gasteiger partial charge in [0.2, 0.25) is 0 Å². The SMILES string of the molecule is CCCCCCCCOc1ccc(OC(=O)c2ccc(C(=O)Oc3ccc(N4CCN(C(=O)c5ccc(C(=O)Oc6ccc(OCCCCCCCC)cc6)cc5)CC4)cc3)cc2)cc1. The lowest BCUT2D eigenvalue weighted by molar-refractivity contribution is 0.0720. The largest absolute Gasteiger partial charge is 0.494 e. The summed E-state index contributed by atoms with van der Waals surface area (Å²) in [7, 11) is 0. The zero-order valence-corrected chi connectivity index (χ0v) is 37.8. The molecule has 0 N–H and O–H groups in total. The standard InChI is InChI=1S/C54H62N2O9/c1-3-5-7-9-11-13-39-61-46-27-31-49(32-28-46)64-52(58)42-17-15-41(16-18-42)51(57)56-37-35-55(36-38-56)45-23-25-48(26-24-45)63-53(59)43-19-21-44(22-20-43)54(60)65-50-33-29-47(30-34-50)62-40-14-12-10-8-6-4-2/h15-34H,3-14,35-40H2,1-2H3. The molecule has 342 valence electrons. The Bertz CT molecular complexity index is 2230. The van der Waals surface area contributed by atoms with Crippen molar-refractivity contribution < 1.29 is 42.9 Å². The number of anilines is 1. The van der Waals surface area contributed by atoms with Crippen molar-refractivity contribution in [2.24, 2.45) is 0 Å². The summed E-state index contributed by atoms with van der Waals surface area (Å²) in [4.78, 5) is 55.9. The van der Waals surface area contributed by atoms with E-state index < -0.39 is 17.9 Å². The molecule has 0 spiro atoms. The van der Waals surface area contributed by atoms with E-state index in [0.29, 0.717) is 78.9 Å². The van der Waals surface area contributed by atoms with Crippen LogP contribution in [-0.4, -0.2) is 68.1 Å². The molecular formula is C54H62N2O9. The first-order chi connectivity index (χ1) is 31.8. The molecule has 0 aromatic heterocycles. The van der Waals surface area contributed by atoms with Gasteiger partial charge in [-0.25, -0.2) is 14.4 Å². The molecule has 1 heterocycles. The van der Waals surface area contributed by atoms with Crippen LogP contribution in [0.4, 0.5) is 5.69 Å². The normalized spacial score (nSPS) is 12.3. The Labute approximate surface area is 383 Å². The van der Waals surface area contributed by atoms with Crippen LogP contribution in [0.1, 0.15) is 132 Å². The number of rotatable bonds is 24. The second kappa shape index (κ2) is 25.6. The van der Waals surface area contributed by atoms with Crippen LogP contribution in [0, 0.1) is 0 Å². The maximum Gasteiger partial charge on any atom is 0.343 e. The third kappa shape index (κ3) is 15.3. The molecule has 1 aliphatic heterocycles. The Balaban J connectivity index is 0.884. The van der Waals surface area contributed by atoms with E-state index in [2.05, 4.69) is 18.7 Å². The number of esters is 3. The van der Waals surface area contributed by atoms with Crippen LogP contribution in [0.2, 0.25) is 0 Å². The number of piperazine rings is 1. The van der Waals surface area contributed by atoms with Crippen LogP contribution in [-0.2, 0) is 0 Å². The molecule has 0 aliphatic carbocycles. The summed E-state index contributed by atoms with van der Waals surface area (Å²) in [5, 5.41) is 0. The fourth-order valence-electron chi connectivity index (χ4n) is 7.42. The monoisotopic (exact) mass is 882 g/mol. The molecule has 5 aromatic rings. The summed E-state index contributed by atoms with van der Waals surface area (Å²) in [6.45, 7) is 8.01. The van der Waals surface area contributed by atoms with E-state index in [-0.39, 0.29) is 5.91 Å². The average Bonchev–Trinajstić information content (AvgIpc) is 3.34. The van der Waals surface area contributed by atoms with E-state index in [0.717, 1.165) is 42.9 Å². The Morgan fingerprint density at radius 2 is 0.708 bits per heavy atom. The number of hydrogen-bond acceptors (Lipinski definition) is 10. The third-order valence-corrected chi connectivity index (χ3v) is 11.3. The summed E-state index contributed by atoms with van der Waals surface area (Å²) >= 11 is 0. The molecule has 0 saturated carbocycles. The fourth-order valence-corrected chi connectivity index (χ4v) is 7.42. The molecule has 1 saturated heterocycles. The van der Waals surface area contributed by atoms with Gasteiger partial charge in [-0.3, -0.25) is 4.79 Å². The van der Waals surface area contributed by atoms with Gasteiger partial charge in [0.1, 0.15) is 28.7 Å². The number of hydrogen-bond donors (Lipinski definition) is 0. The first-order valence-corrected chi connectivity index (χ1v) is 23.3. The molecule has 1 fully saturated rings. The highest BCUT2D eigenvalue weighted by Crippen LogP contribution is 2.24. The van der Waals surface area contributed by atoms with Crippen molar-refractivity contribution in [2.75, 3.05) is 44.3 Å². The Morgan fingerprint density at radius 1 is 0.385 bits per heavy atom. The Morgan fingerprint density at radius 3 is 1.09 bits per heavy atom. The van der Waals surface area contributed by atoms with Crippen molar-refractivity contribution >= 4 is 29.5 Å². The van der Waals surface area contributed by atoms with Crippen molar-refractivity contribution in [3.63, 3.8) is 0 Å². The first kappa shape index (κ1) is 47.8. The molecule has 0 bridgehead atoms. The molecule has 0 radical (unpaired) electrons. The summed E-state index contributed by atoms with van der Waals surface area (Å²) in [5.74, 6) is 0.957. The zero-order valence-electron chi connectivity index (χ0n) is 37.8. The number of nitrogens with zero attached hydrogens (tertiary/aromatic N) is 2. The highest BCUT2D eigenvalue weighted by Gasteiger charge is 2.23. The third-order valence-electron chi connectivity index (χ3n) is 11.3. The number of amides is 1. The van der Waals surface area contributed by atoms with Gasteiger partial charge in [-0.15, -0.1) is 0 Å². The minimum absolute atomic E-state index is 0.109. The molecular weight excluding hydrogens is 821 g/mol. The predicted molar refractivity (Wildman–Crippen MR) is 253 cm³/mol. The minimum atomic E-state index is -0.555. The molecule has 0 atom stereocenters. The van der Waals surface area contributed by atoms with Crippen molar-refractivity contribution in [3.8, 4) is 28.7 Å². The lowest BCUT2D eigenvalue weighted by atomic mass is 10.1. The molecule has 1 aliphatic rings. The van der Waals surface area contributed by atoms with Crippen molar-refractivity contribution in [2.45, 2.75) is 90.9 Å². The van der Waals surface area contributed by atoms with E-state index in [1.165, 1.54) is 75.6 Å². The second-order valence-corrected chi connectivity index (χ2v) is 16.3. The number of benzene rings is 5. The Hall–Kier alpha value is -6.62. The van der Waals surface area contributed by atoms with Crippen LogP contribution >= 0.6 is 0 Å². The lowest BCUT2D eigenvalue weighted by Crippen LogP contribution is -2.48. The van der Waals surface area contributed by atoms with Gasteiger partial charge in [-0.2, -0.15) is 0 Å². The van der Waals surface area contributed by atoms with Gasteiger partial charge in [0.15, 0.2) is 0 Å². The minimum Gasteiger partial charge on any atom is -0.494 e. The smallest absolute Gasteiger partial charge is 0.343 e. The number of unbranched alkanes of at least 4 members (excludes halogenated alkanes) is 10. The number of carbonyl (C=O) groups excluding carboxylic acids is 4. The molecule has 6 rings (SSSR count). The highest BCUT2D eigenvalue weighted by molar-refractivity contribution is 5.97.